The van der Waals surface area contributed by atoms with E-state index in [1.54, 1.807) is 7.11 Å². The topological polar surface area (TPSA) is 57.9 Å². The number of benzene rings is 1. The van der Waals surface area contributed by atoms with Crippen LogP contribution in [-0.2, 0) is 13.1 Å². The average molecular weight is 526 g/mol. The number of aliphatic imine (C=N–C) groups is 1. The summed E-state index contributed by atoms with van der Waals surface area (Å²) in [5.41, 5.74) is 1.24. The van der Waals surface area contributed by atoms with Crippen molar-refractivity contribution in [1.29, 1.82) is 0 Å². The van der Waals surface area contributed by atoms with Crippen molar-refractivity contribution < 1.29 is 4.74 Å². The molecule has 0 amide bonds. The summed E-state index contributed by atoms with van der Waals surface area (Å²) in [7, 11) is 1.70. The molecule has 3 rings (SSSR count). The number of rotatable bonds is 7. The van der Waals surface area contributed by atoms with E-state index < -0.39 is 0 Å². The molecule has 0 unspecified atom stereocenters. The Labute approximate surface area is 197 Å². The lowest BCUT2D eigenvalue weighted by molar-refractivity contribution is 0.372. The maximum absolute atomic E-state index is 5.26. The molecular weight excluding hydrogens is 491 g/mol. The largest absolute Gasteiger partial charge is 0.497 e. The Kier molecular flexibility index (Phi) is 9.74. The van der Waals surface area contributed by atoms with Gasteiger partial charge in [-0.2, -0.15) is 0 Å². The second-order valence-electron chi connectivity index (χ2n) is 7.73. The van der Waals surface area contributed by atoms with Gasteiger partial charge in [0.1, 0.15) is 18.1 Å². The summed E-state index contributed by atoms with van der Waals surface area (Å²) in [6, 6.07) is 8.30. The zero-order valence-electron chi connectivity index (χ0n) is 18.5. The second-order valence-corrected chi connectivity index (χ2v) is 7.73. The summed E-state index contributed by atoms with van der Waals surface area (Å²) in [5.74, 6) is 3.47. The SMILES string of the molecule is CCNC(=NCc1nccn1CC(C)C)N1CCN(c2ccc(OC)cc2)CC1.I. The van der Waals surface area contributed by atoms with Gasteiger partial charge in [-0.25, -0.2) is 9.98 Å². The first-order valence-corrected chi connectivity index (χ1v) is 10.5. The maximum atomic E-state index is 5.26. The Morgan fingerprint density at radius 2 is 1.87 bits per heavy atom. The first kappa shape index (κ1) is 24.3. The highest BCUT2D eigenvalue weighted by Crippen LogP contribution is 2.20. The average Bonchev–Trinajstić information content (AvgIpc) is 3.17. The molecule has 1 aliphatic rings. The van der Waals surface area contributed by atoms with E-state index in [4.69, 9.17) is 9.73 Å². The predicted octanol–water partition coefficient (Wildman–Crippen LogP) is 3.45. The molecule has 0 radical (unpaired) electrons. The zero-order valence-corrected chi connectivity index (χ0v) is 20.9. The van der Waals surface area contributed by atoms with E-state index in [-0.39, 0.29) is 24.0 Å². The van der Waals surface area contributed by atoms with Crippen molar-refractivity contribution >= 4 is 35.6 Å². The fourth-order valence-electron chi connectivity index (χ4n) is 3.59. The van der Waals surface area contributed by atoms with Crippen molar-refractivity contribution in [3.8, 4) is 5.75 Å². The van der Waals surface area contributed by atoms with Crippen LogP contribution in [0.3, 0.4) is 0 Å². The summed E-state index contributed by atoms with van der Waals surface area (Å²) in [4.78, 5) is 14.1. The number of methoxy groups -OCH3 is 1. The standard InChI is InChI=1S/C22H34N6O.HI/c1-5-23-22(25-16-21-24-10-11-28(21)17-18(2)3)27-14-12-26(13-15-27)19-6-8-20(29-4)9-7-19;/h6-11,18H,5,12-17H2,1-4H3,(H,23,25);1H. The summed E-state index contributed by atoms with van der Waals surface area (Å²) < 4.78 is 7.47. The summed E-state index contributed by atoms with van der Waals surface area (Å²) in [6.45, 7) is 12.8. The van der Waals surface area contributed by atoms with E-state index in [0.29, 0.717) is 12.5 Å². The van der Waals surface area contributed by atoms with Crippen molar-refractivity contribution in [2.45, 2.75) is 33.9 Å². The smallest absolute Gasteiger partial charge is 0.194 e. The zero-order chi connectivity index (χ0) is 20.6. The Bertz CT molecular complexity index is 781. The minimum atomic E-state index is 0. The highest BCUT2D eigenvalue weighted by Gasteiger charge is 2.20. The lowest BCUT2D eigenvalue weighted by atomic mass is 10.2. The molecule has 2 aromatic rings. The minimum Gasteiger partial charge on any atom is -0.497 e. The predicted molar refractivity (Wildman–Crippen MR) is 134 cm³/mol. The van der Waals surface area contributed by atoms with Crippen LogP contribution in [0.2, 0.25) is 0 Å². The number of aromatic nitrogens is 2. The number of guanidine groups is 1. The van der Waals surface area contributed by atoms with Crippen LogP contribution in [0.5, 0.6) is 5.75 Å². The maximum Gasteiger partial charge on any atom is 0.194 e. The molecule has 7 nitrogen and oxygen atoms in total. The van der Waals surface area contributed by atoms with Crippen molar-refractivity contribution in [3.05, 3.63) is 42.5 Å². The van der Waals surface area contributed by atoms with Gasteiger partial charge < -0.3 is 24.4 Å². The number of halogens is 1. The quantitative estimate of drug-likeness (QED) is 0.341. The molecule has 1 aromatic heterocycles. The second kappa shape index (κ2) is 12.0. The van der Waals surface area contributed by atoms with Crippen LogP contribution in [0.4, 0.5) is 5.69 Å². The number of piperazine rings is 1. The normalized spacial score (nSPS) is 14.6. The van der Waals surface area contributed by atoms with Crippen LogP contribution in [0.1, 0.15) is 26.6 Å². The van der Waals surface area contributed by atoms with Crippen LogP contribution in [0.25, 0.3) is 0 Å². The molecule has 0 spiro atoms. The highest BCUT2D eigenvalue weighted by molar-refractivity contribution is 14.0. The number of ether oxygens (including phenoxy) is 1. The Hall–Kier alpha value is -1.97. The molecule has 1 aromatic carbocycles. The van der Waals surface area contributed by atoms with E-state index >= 15 is 0 Å². The first-order chi connectivity index (χ1) is 14.1. The van der Waals surface area contributed by atoms with Crippen LogP contribution < -0.4 is 15.0 Å². The van der Waals surface area contributed by atoms with E-state index in [9.17, 15) is 0 Å². The minimum absolute atomic E-state index is 0. The fourth-order valence-corrected chi connectivity index (χ4v) is 3.59. The number of imidazole rings is 1. The van der Waals surface area contributed by atoms with Gasteiger partial charge in [-0.15, -0.1) is 24.0 Å². The van der Waals surface area contributed by atoms with Crippen LogP contribution in [0, 0.1) is 5.92 Å². The van der Waals surface area contributed by atoms with Gasteiger partial charge in [-0.1, -0.05) is 13.8 Å². The molecule has 1 N–H and O–H groups in total. The third kappa shape index (κ3) is 6.52. The molecule has 0 atom stereocenters. The van der Waals surface area contributed by atoms with Gasteiger partial charge in [0.2, 0.25) is 0 Å². The lowest BCUT2D eigenvalue weighted by Gasteiger charge is -2.37. The molecule has 8 heteroatoms. The number of anilines is 1. The highest BCUT2D eigenvalue weighted by atomic mass is 127. The van der Waals surface area contributed by atoms with Gasteiger partial charge in [-0.3, -0.25) is 0 Å². The van der Waals surface area contributed by atoms with E-state index in [1.807, 2.05) is 24.5 Å². The molecule has 0 saturated carbocycles. The molecule has 0 aliphatic carbocycles. The third-order valence-corrected chi connectivity index (χ3v) is 5.09. The molecule has 1 saturated heterocycles. The van der Waals surface area contributed by atoms with Gasteiger partial charge in [0, 0.05) is 57.3 Å². The van der Waals surface area contributed by atoms with Gasteiger partial charge in [0.05, 0.1) is 7.11 Å². The monoisotopic (exact) mass is 526 g/mol. The Morgan fingerprint density at radius 3 is 2.47 bits per heavy atom. The van der Waals surface area contributed by atoms with E-state index in [0.717, 1.165) is 56.8 Å². The van der Waals surface area contributed by atoms with Gasteiger partial charge >= 0.3 is 0 Å². The van der Waals surface area contributed by atoms with Gasteiger partial charge in [0.15, 0.2) is 5.96 Å². The van der Waals surface area contributed by atoms with E-state index in [2.05, 4.69) is 57.6 Å². The molecule has 1 aliphatic heterocycles. The van der Waals surface area contributed by atoms with Crippen molar-refractivity contribution in [1.82, 2.24) is 19.8 Å². The van der Waals surface area contributed by atoms with Crippen molar-refractivity contribution in [3.63, 3.8) is 0 Å². The summed E-state index contributed by atoms with van der Waals surface area (Å²) >= 11 is 0. The number of nitrogens with zero attached hydrogens (tertiary/aromatic N) is 5. The molecule has 1 fully saturated rings. The molecular formula is C22H35IN6O. The third-order valence-electron chi connectivity index (χ3n) is 5.09. The number of hydrogen-bond donors (Lipinski definition) is 1. The lowest BCUT2D eigenvalue weighted by Crippen LogP contribution is -2.52. The Morgan fingerprint density at radius 1 is 1.17 bits per heavy atom. The van der Waals surface area contributed by atoms with Crippen molar-refractivity contribution in [2.24, 2.45) is 10.9 Å². The van der Waals surface area contributed by atoms with Gasteiger partial charge in [0.25, 0.3) is 0 Å². The molecule has 2 heterocycles. The molecule has 166 valence electrons. The van der Waals surface area contributed by atoms with E-state index in [1.165, 1.54) is 5.69 Å². The van der Waals surface area contributed by atoms with Crippen molar-refractivity contribution in [2.75, 3.05) is 44.7 Å². The number of hydrogen-bond acceptors (Lipinski definition) is 4. The van der Waals surface area contributed by atoms with Crippen LogP contribution in [0.15, 0.2) is 41.7 Å². The van der Waals surface area contributed by atoms with Crippen LogP contribution in [-0.4, -0.2) is 60.2 Å². The first-order valence-electron chi connectivity index (χ1n) is 10.5. The summed E-state index contributed by atoms with van der Waals surface area (Å²) in [6.07, 6.45) is 3.92. The Balaban J connectivity index is 0.00000320. The molecule has 30 heavy (non-hydrogen) atoms. The fraction of sp³-hybridized carbons (Fsp3) is 0.545. The molecule has 0 bridgehead atoms. The van der Waals surface area contributed by atoms with Crippen LogP contribution >= 0.6 is 24.0 Å². The summed E-state index contributed by atoms with van der Waals surface area (Å²) in [5, 5.41) is 3.45. The van der Waals surface area contributed by atoms with Gasteiger partial charge in [-0.05, 0) is 37.1 Å². The number of nitrogens with one attached hydrogen (secondary N) is 1.